The minimum absolute atomic E-state index is 0. The number of aliphatic imine (C=N–C) groups is 1. The summed E-state index contributed by atoms with van der Waals surface area (Å²) >= 11 is 1.71. The molecule has 0 aliphatic carbocycles. The van der Waals surface area contributed by atoms with Crippen molar-refractivity contribution in [2.75, 3.05) is 40.3 Å². The number of hydrogen-bond donors (Lipinski definition) is 2. The van der Waals surface area contributed by atoms with Gasteiger partial charge in [0.15, 0.2) is 5.96 Å². The second-order valence-electron chi connectivity index (χ2n) is 5.76. The second-order valence-corrected chi connectivity index (χ2v) is 6.82. The van der Waals surface area contributed by atoms with Gasteiger partial charge < -0.3 is 15.5 Å². The zero-order chi connectivity index (χ0) is 15.1. The van der Waals surface area contributed by atoms with Crippen molar-refractivity contribution in [1.82, 2.24) is 20.5 Å². The van der Waals surface area contributed by atoms with Gasteiger partial charge in [-0.05, 0) is 39.3 Å². The fourth-order valence-corrected chi connectivity index (χ4v) is 3.38. The van der Waals surface area contributed by atoms with Crippen LogP contribution in [0.3, 0.4) is 0 Å². The molecular formula is C15H28IN5S. The normalized spacial score (nSPS) is 19.6. The number of aryl methyl sites for hydroxylation is 1. The average Bonchev–Trinajstić information content (AvgIpc) is 2.88. The van der Waals surface area contributed by atoms with Crippen LogP contribution >= 0.6 is 35.3 Å². The van der Waals surface area contributed by atoms with E-state index in [1.807, 2.05) is 14.0 Å². The van der Waals surface area contributed by atoms with Gasteiger partial charge in [-0.2, -0.15) is 0 Å². The molecular weight excluding hydrogens is 409 g/mol. The van der Waals surface area contributed by atoms with Crippen molar-refractivity contribution in [3.63, 3.8) is 0 Å². The van der Waals surface area contributed by atoms with E-state index in [0.29, 0.717) is 0 Å². The summed E-state index contributed by atoms with van der Waals surface area (Å²) in [7, 11) is 4.03. The predicted octanol–water partition coefficient (Wildman–Crippen LogP) is 2.12. The van der Waals surface area contributed by atoms with E-state index in [1.165, 1.54) is 25.9 Å². The van der Waals surface area contributed by atoms with Crippen molar-refractivity contribution < 1.29 is 0 Å². The molecule has 5 nitrogen and oxygen atoms in total. The highest BCUT2D eigenvalue weighted by molar-refractivity contribution is 14.0. The van der Waals surface area contributed by atoms with Crippen molar-refractivity contribution in [3.05, 3.63) is 16.1 Å². The van der Waals surface area contributed by atoms with Gasteiger partial charge in [-0.1, -0.05) is 0 Å². The maximum Gasteiger partial charge on any atom is 0.190 e. The van der Waals surface area contributed by atoms with Crippen LogP contribution < -0.4 is 10.6 Å². The molecule has 126 valence electrons. The van der Waals surface area contributed by atoms with Crippen LogP contribution in [0.4, 0.5) is 0 Å². The number of guanidine groups is 1. The molecule has 1 aromatic heterocycles. The number of piperidine rings is 1. The van der Waals surface area contributed by atoms with E-state index in [2.05, 4.69) is 37.9 Å². The SMILES string of the molecule is CN=C(NCCc1csc(C)n1)NCC1CCCN(C)C1.I. The molecule has 1 atom stereocenters. The Labute approximate surface area is 155 Å². The Morgan fingerprint density at radius 2 is 2.32 bits per heavy atom. The van der Waals surface area contributed by atoms with E-state index in [1.54, 1.807) is 11.3 Å². The van der Waals surface area contributed by atoms with Crippen LogP contribution in [-0.4, -0.2) is 56.1 Å². The Morgan fingerprint density at radius 3 is 2.95 bits per heavy atom. The molecule has 0 radical (unpaired) electrons. The first-order chi connectivity index (χ1) is 10.2. The van der Waals surface area contributed by atoms with E-state index in [9.17, 15) is 0 Å². The highest BCUT2D eigenvalue weighted by Gasteiger charge is 2.17. The first kappa shape index (κ1) is 19.6. The van der Waals surface area contributed by atoms with Gasteiger partial charge in [0, 0.05) is 38.5 Å². The van der Waals surface area contributed by atoms with Gasteiger partial charge in [-0.15, -0.1) is 35.3 Å². The van der Waals surface area contributed by atoms with Gasteiger partial charge in [-0.25, -0.2) is 4.98 Å². The van der Waals surface area contributed by atoms with Crippen molar-refractivity contribution >= 4 is 41.3 Å². The Kier molecular flexibility index (Phi) is 9.27. The van der Waals surface area contributed by atoms with Crippen LogP contribution in [0.2, 0.25) is 0 Å². The highest BCUT2D eigenvalue weighted by atomic mass is 127. The van der Waals surface area contributed by atoms with Crippen molar-refractivity contribution in [2.24, 2.45) is 10.9 Å². The van der Waals surface area contributed by atoms with Gasteiger partial charge >= 0.3 is 0 Å². The van der Waals surface area contributed by atoms with Crippen LogP contribution in [0.15, 0.2) is 10.4 Å². The lowest BCUT2D eigenvalue weighted by molar-refractivity contribution is 0.210. The number of hydrogen-bond acceptors (Lipinski definition) is 4. The number of rotatable bonds is 5. The number of nitrogens with zero attached hydrogens (tertiary/aromatic N) is 3. The first-order valence-electron chi connectivity index (χ1n) is 7.71. The maximum atomic E-state index is 4.47. The molecule has 2 N–H and O–H groups in total. The average molecular weight is 437 g/mol. The Bertz CT molecular complexity index is 463. The van der Waals surface area contributed by atoms with Crippen LogP contribution in [0.5, 0.6) is 0 Å². The first-order valence-corrected chi connectivity index (χ1v) is 8.59. The number of thiazole rings is 1. The van der Waals surface area contributed by atoms with Crippen molar-refractivity contribution in [1.29, 1.82) is 0 Å². The summed E-state index contributed by atoms with van der Waals surface area (Å²) in [5.74, 6) is 1.62. The molecule has 1 saturated heterocycles. The summed E-state index contributed by atoms with van der Waals surface area (Å²) in [6.07, 6.45) is 3.56. The maximum absolute atomic E-state index is 4.47. The van der Waals surface area contributed by atoms with E-state index in [4.69, 9.17) is 0 Å². The summed E-state index contributed by atoms with van der Waals surface area (Å²) in [6.45, 7) is 6.33. The fraction of sp³-hybridized carbons (Fsp3) is 0.733. The molecule has 0 aromatic carbocycles. The standard InChI is InChI=1S/C15H27N5S.HI/c1-12-19-14(11-21-12)6-7-17-15(16-2)18-9-13-5-4-8-20(3)10-13;/h11,13H,4-10H2,1-3H3,(H2,16,17,18);1H. The molecule has 1 fully saturated rings. The quantitative estimate of drug-likeness (QED) is 0.421. The molecule has 1 aliphatic heterocycles. The molecule has 22 heavy (non-hydrogen) atoms. The third-order valence-corrected chi connectivity index (χ3v) is 4.67. The van der Waals surface area contributed by atoms with E-state index in [0.717, 1.165) is 42.1 Å². The van der Waals surface area contributed by atoms with E-state index >= 15 is 0 Å². The Hall–Kier alpha value is -0.410. The topological polar surface area (TPSA) is 52.6 Å². The van der Waals surface area contributed by atoms with Crippen LogP contribution in [-0.2, 0) is 6.42 Å². The molecule has 0 saturated carbocycles. The molecule has 1 aromatic rings. The number of nitrogens with one attached hydrogen (secondary N) is 2. The highest BCUT2D eigenvalue weighted by Crippen LogP contribution is 2.13. The number of aromatic nitrogens is 1. The smallest absolute Gasteiger partial charge is 0.190 e. The van der Waals surface area contributed by atoms with E-state index in [-0.39, 0.29) is 24.0 Å². The molecule has 0 spiro atoms. The lowest BCUT2D eigenvalue weighted by atomic mass is 9.99. The third-order valence-electron chi connectivity index (χ3n) is 3.84. The van der Waals surface area contributed by atoms with Gasteiger partial charge in [0.1, 0.15) is 0 Å². The lowest BCUT2D eigenvalue weighted by Gasteiger charge is -2.30. The predicted molar refractivity (Wildman–Crippen MR) is 106 cm³/mol. The molecule has 2 heterocycles. The summed E-state index contributed by atoms with van der Waals surface area (Å²) in [5.41, 5.74) is 1.16. The van der Waals surface area contributed by atoms with Gasteiger partial charge in [-0.3, -0.25) is 4.99 Å². The fourth-order valence-electron chi connectivity index (χ4n) is 2.73. The summed E-state index contributed by atoms with van der Waals surface area (Å²) in [6, 6.07) is 0. The molecule has 7 heteroatoms. The monoisotopic (exact) mass is 437 g/mol. The molecule has 1 aliphatic rings. The zero-order valence-corrected chi connectivity index (χ0v) is 16.9. The minimum Gasteiger partial charge on any atom is -0.356 e. The third kappa shape index (κ3) is 6.78. The van der Waals surface area contributed by atoms with Crippen molar-refractivity contribution in [3.8, 4) is 0 Å². The van der Waals surface area contributed by atoms with Crippen LogP contribution in [0, 0.1) is 12.8 Å². The van der Waals surface area contributed by atoms with Gasteiger partial charge in [0.2, 0.25) is 0 Å². The van der Waals surface area contributed by atoms with Crippen molar-refractivity contribution in [2.45, 2.75) is 26.2 Å². The van der Waals surface area contributed by atoms with E-state index < -0.39 is 0 Å². The van der Waals surface area contributed by atoms with Gasteiger partial charge in [0.25, 0.3) is 0 Å². The molecule has 0 bridgehead atoms. The zero-order valence-electron chi connectivity index (χ0n) is 13.8. The molecule has 0 amide bonds. The summed E-state index contributed by atoms with van der Waals surface area (Å²) < 4.78 is 0. The van der Waals surface area contributed by atoms with Crippen LogP contribution in [0.25, 0.3) is 0 Å². The lowest BCUT2D eigenvalue weighted by Crippen LogP contribution is -2.44. The number of likely N-dealkylation sites (tertiary alicyclic amines) is 1. The Balaban J connectivity index is 0.00000242. The summed E-state index contributed by atoms with van der Waals surface area (Å²) in [5, 5.41) is 10.1. The Morgan fingerprint density at radius 1 is 1.50 bits per heavy atom. The number of halogens is 1. The van der Waals surface area contributed by atoms with Crippen LogP contribution in [0.1, 0.15) is 23.5 Å². The minimum atomic E-state index is 0. The molecule has 2 rings (SSSR count). The molecule has 1 unspecified atom stereocenters. The summed E-state index contributed by atoms with van der Waals surface area (Å²) in [4.78, 5) is 11.2. The van der Waals surface area contributed by atoms with Gasteiger partial charge in [0.05, 0.1) is 10.7 Å². The second kappa shape index (κ2) is 10.4. The largest absolute Gasteiger partial charge is 0.356 e.